The van der Waals surface area contributed by atoms with Crippen LogP contribution in [0.1, 0.15) is 10.4 Å². The van der Waals surface area contributed by atoms with E-state index in [-0.39, 0.29) is 5.91 Å². The summed E-state index contributed by atoms with van der Waals surface area (Å²) in [6.45, 7) is 0. The largest absolute Gasteiger partial charge is 0.272 e. The minimum Gasteiger partial charge on any atom is -0.267 e. The molecule has 4 heteroatoms. The van der Waals surface area contributed by atoms with Gasteiger partial charge in [0.15, 0.2) is 0 Å². The number of carbonyl (C=O) groups excluding carboxylic acids is 1. The van der Waals surface area contributed by atoms with Gasteiger partial charge in [-0.05, 0) is 30.3 Å². The van der Waals surface area contributed by atoms with E-state index in [2.05, 4.69) is 0 Å². The molecule has 0 spiro atoms. The van der Waals surface area contributed by atoms with E-state index in [0.717, 1.165) is 5.01 Å². The Kier molecular flexibility index (Phi) is 3.42. The summed E-state index contributed by atoms with van der Waals surface area (Å²) in [4.78, 5) is 12.0. The fraction of sp³-hybridized carbons (Fsp3) is 0. The number of hydrazine groups is 1. The Morgan fingerprint density at radius 3 is 2.41 bits per heavy atom. The summed E-state index contributed by atoms with van der Waals surface area (Å²) in [6.07, 6.45) is 0. The van der Waals surface area contributed by atoms with Crippen molar-refractivity contribution in [3.63, 3.8) is 0 Å². The van der Waals surface area contributed by atoms with Crippen LogP contribution in [-0.4, -0.2) is 5.91 Å². The molecule has 86 valence electrons. The van der Waals surface area contributed by atoms with E-state index in [0.29, 0.717) is 16.3 Å². The molecule has 2 aromatic rings. The van der Waals surface area contributed by atoms with Crippen LogP contribution in [0.4, 0.5) is 5.69 Å². The highest BCUT2D eigenvalue weighted by molar-refractivity contribution is 6.31. The highest BCUT2D eigenvalue weighted by atomic mass is 35.5. The van der Waals surface area contributed by atoms with Crippen LogP contribution < -0.4 is 10.9 Å². The predicted molar refractivity (Wildman–Crippen MR) is 68.9 cm³/mol. The Hall–Kier alpha value is -1.84. The van der Waals surface area contributed by atoms with E-state index in [9.17, 15) is 4.79 Å². The van der Waals surface area contributed by atoms with Crippen molar-refractivity contribution < 1.29 is 4.79 Å². The fourth-order valence-electron chi connectivity index (χ4n) is 1.46. The van der Waals surface area contributed by atoms with Crippen LogP contribution in [0.5, 0.6) is 0 Å². The van der Waals surface area contributed by atoms with E-state index in [1.807, 2.05) is 6.07 Å². The van der Waals surface area contributed by atoms with Gasteiger partial charge in [-0.2, -0.15) is 0 Å². The zero-order valence-corrected chi connectivity index (χ0v) is 9.76. The monoisotopic (exact) mass is 246 g/mol. The Bertz CT molecular complexity index is 528. The van der Waals surface area contributed by atoms with Gasteiger partial charge in [0.05, 0.1) is 5.69 Å². The Balaban J connectivity index is 2.27. The molecule has 0 aromatic heterocycles. The topological polar surface area (TPSA) is 46.3 Å². The molecule has 1 amide bonds. The van der Waals surface area contributed by atoms with Gasteiger partial charge in [-0.3, -0.25) is 4.79 Å². The third kappa shape index (κ3) is 2.64. The van der Waals surface area contributed by atoms with Gasteiger partial charge in [0, 0.05) is 10.6 Å². The molecule has 0 fully saturated rings. The van der Waals surface area contributed by atoms with Gasteiger partial charge in [0.1, 0.15) is 0 Å². The normalized spacial score (nSPS) is 10.0. The highest BCUT2D eigenvalue weighted by Gasteiger charge is 2.13. The molecule has 0 radical (unpaired) electrons. The summed E-state index contributed by atoms with van der Waals surface area (Å²) in [5, 5.41) is 1.63. The lowest BCUT2D eigenvalue weighted by atomic mass is 10.2. The standard InChI is InChI=1S/C13H11ClN2O/c14-11-7-4-8-12(9-11)16(15)13(17)10-5-2-1-3-6-10/h1-9H,15H2. The van der Waals surface area contributed by atoms with Crippen molar-refractivity contribution in [1.29, 1.82) is 0 Å². The van der Waals surface area contributed by atoms with Gasteiger partial charge in [0.25, 0.3) is 5.91 Å². The van der Waals surface area contributed by atoms with Gasteiger partial charge in [-0.1, -0.05) is 35.9 Å². The molecule has 2 aromatic carbocycles. The Morgan fingerprint density at radius 1 is 1.06 bits per heavy atom. The average molecular weight is 247 g/mol. The summed E-state index contributed by atoms with van der Waals surface area (Å²) >= 11 is 5.85. The van der Waals surface area contributed by atoms with E-state index in [1.54, 1.807) is 48.5 Å². The minimum atomic E-state index is -0.270. The van der Waals surface area contributed by atoms with Crippen LogP contribution >= 0.6 is 11.6 Å². The molecular formula is C13H11ClN2O. The second-order valence-corrected chi connectivity index (χ2v) is 3.96. The summed E-state index contributed by atoms with van der Waals surface area (Å²) in [6, 6.07) is 15.7. The Labute approximate surface area is 104 Å². The van der Waals surface area contributed by atoms with Crippen LogP contribution in [0.3, 0.4) is 0 Å². The first kappa shape index (κ1) is 11.6. The van der Waals surface area contributed by atoms with Crippen LogP contribution in [0.15, 0.2) is 54.6 Å². The predicted octanol–water partition coefficient (Wildman–Crippen LogP) is 2.86. The fourth-order valence-corrected chi connectivity index (χ4v) is 1.65. The summed E-state index contributed by atoms with van der Waals surface area (Å²) in [5.74, 6) is 5.49. The molecule has 0 saturated heterocycles. The Morgan fingerprint density at radius 2 is 1.76 bits per heavy atom. The van der Waals surface area contributed by atoms with E-state index < -0.39 is 0 Å². The third-order valence-electron chi connectivity index (χ3n) is 2.33. The van der Waals surface area contributed by atoms with Crippen LogP contribution in [0.2, 0.25) is 5.02 Å². The number of hydrogen-bond donors (Lipinski definition) is 1. The number of halogens is 1. The zero-order chi connectivity index (χ0) is 12.3. The molecule has 3 nitrogen and oxygen atoms in total. The molecule has 0 aliphatic carbocycles. The first-order chi connectivity index (χ1) is 8.18. The van der Waals surface area contributed by atoms with Gasteiger partial charge < -0.3 is 0 Å². The van der Waals surface area contributed by atoms with Gasteiger partial charge in [-0.25, -0.2) is 10.9 Å². The lowest BCUT2D eigenvalue weighted by Gasteiger charge is -2.16. The number of rotatable bonds is 2. The van der Waals surface area contributed by atoms with Crippen molar-refractivity contribution in [1.82, 2.24) is 0 Å². The van der Waals surface area contributed by atoms with Crippen molar-refractivity contribution in [3.8, 4) is 0 Å². The molecule has 2 rings (SSSR count). The van der Waals surface area contributed by atoms with Gasteiger partial charge in [-0.15, -0.1) is 0 Å². The van der Waals surface area contributed by atoms with E-state index >= 15 is 0 Å². The number of nitrogens with zero attached hydrogens (tertiary/aromatic N) is 1. The van der Waals surface area contributed by atoms with Gasteiger partial charge >= 0.3 is 0 Å². The molecule has 0 aliphatic rings. The first-order valence-electron chi connectivity index (χ1n) is 5.08. The number of hydrogen-bond acceptors (Lipinski definition) is 2. The molecule has 0 unspecified atom stereocenters. The number of anilines is 1. The lowest BCUT2D eigenvalue weighted by molar-refractivity contribution is 0.0987. The second kappa shape index (κ2) is 4.99. The maximum atomic E-state index is 12.0. The number of benzene rings is 2. The minimum absolute atomic E-state index is 0.270. The van der Waals surface area contributed by atoms with Gasteiger partial charge in [0.2, 0.25) is 0 Å². The number of carbonyl (C=O) groups is 1. The van der Waals surface area contributed by atoms with Crippen molar-refractivity contribution >= 4 is 23.2 Å². The van der Waals surface area contributed by atoms with Crippen LogP contribution in [0, 0.1) is 0 Å². The summed E-state index contributed by atoms with van der Waals surface area (Å²) in [5.41, 5.74) is 1.10. The zero-order valence-electron chi connectivity index (χ0n) is 9.01. The third-order valence-corrected chi connectivity index (χ3v) is 2.56. The average Bonchev–Trinajstić information content (AvgIpc) is 2.38. The SMILES string of the molecule is NN(C(=O)c1ccccc1)c1cccc(Cl)c1. The van der Waals surface area contributed by atoms with Crippen LogP contribution in [0.25, 0.3) is 0 Å². The first-order valence-corrected chi connectivity index (χ1v) is 5.46. The summed E-state index contributed by atoms with van der Waals surface area (Å²) < 4.78 is 0. The molecule has 0 atom stereocenters. The molecule has 2 N–H and O–H groups in total. The van der Waals surface area contributed by atoms with E-state index in [1.165, 1.54) is 0 Å². The molecule has 17 heavy (non-hydrogen) atoms. The molecule has 0 aliphatic heterocycles. The molecule has 0 heterocycles. The summed E-state index contributed by atoms with van der Waals surface area (Å²) in [7, 11) is 0. The van der Waals surface area contributed by atoms with Crippen LogP contribution in [-0.2, 0) is 0 Å². The number of nitrogens with two attached hydrogens (primary N) is 1. The van der Waals surface area contributed by atoms with E-state index in [4.69, 9.17) is 17.4 Å². The van der Waals surface area contributed by atoms with Crippen molar-refractivity contribution in [2.24, 2.45) is 5.84 Å². The quantitative estimate of drug-likeness (QED) is 0.503. The maximum absolute atomic E-state index is 12.0. The lowest BCUT2D eigenvalue weighted by Crippen LogP contribution is -2.37. The second-order valence-electron chi connectivity index (χ2n) is 3.52. The van der Waals surface area contributed by atoms with Crippen molar-refractivity contribution in [2.45, 2.75) is 0 Å². The molecule has 0 bridgehead atoms. The highest BCUT2D eigenvalue weighted by Crippen LogP contribution is 2.18. The molecule has 0 saturated carbocycles. The smallest absolute Gasteiger partial charge is 0.267 e. The molecular weight excluding hydrogens is 236 g/mol. The van der Waals surface area contributed by atoms with Crippen molar-refractivity contribution in [3.05, 3.63) is 65.2 Å². The number of amides is 1. The van der Waals surface area contributed by atoms with Crippen molar-refractivity contribution in [2.75, 3.05) is 5.01 Å². The maximum Gasteiger partial charge on any atom is 0.272 e.